The van der Waals surface area contributed by atoms with Crippen molar-refractivity contribution in [3.8, 4) is 11.3 Å². The number of hydrogen-bond donors (Lipinski definition) is 1. The van der Waals surface area contributed by atoms with Gasteiger partial charge in [0.05, 0.1) is 5.69 Å². The molecule has 1 aromatic carbocycles. The average molecular weight is 277 g/mol. The van der Waals surface area contributed by atoms with Gasteiger partial charge in [0.1, 0.15) is 5.65 Å². The first-order valence-electron chi connectivity index (χ1n) is 7.59. The van der Waals surface area contributed by atoms with Gasteiger partial charge in [0.25, 0.3) is 0 Å². The van der Waals surface area contributed by atoms with Crippen molar-refractivity contribution in [1.29, 1.82) is 0 Å². The van der Waals surface area contributed by atoms with Crippen LogP contribution in [0.5, 0.6) is 0 Å². The Balaban J connectivity index is 1.88. The van der Waals surface area contributed by atoms with Gasteiger partial charge in [-0.05, 0) is 61.9 Å². The lowest BCUT2D eigenvalue weighted by Gasteiger charge is -2.16. The predicted molar refractivity (Wildman–Crippen MR) is 86.4 cm³/mol. The molecular formula is C18H19N3. The van der Waals surface area contributed by atoms with E-state index >= 15 is 0 Å². The Kier molecular flexibility index (Phi) is 2.74. The second-order valence-electron chi connectivity index (χ2n) is 5.93. The van der Waals surface area contributed by atoms with Crippen molar-refractivity contribution < 1.29 is 0 Å². The Morgan fingerprint density at radius 2 is 1.86 bits per heavy atom. The lowest BCUT2D eigenvalue weighted by atomic mass is 9.90. The number of rotatable bonds is 1. The maximum Gasteiger partial charge on any atom is 0.137 e. The smallest absolute Gasteiger partial charge is 0.137 e. The first-order valence-corrected chi connectivity index (χ1v) is 7.59. The Hall–Kier alpha value is -2.29. The molecule has 2 aromatic heterocycles. The second kappa shape index (κ2) is 4.62. The molecule has 0 fully saturated rings. The highest BCUT2D eigenvalue weighted by Crippen LogP contribution is 2.29. The van der Waals surface area contributed by atoms with Gasteiger partial charge in [-0.25, -0.2) is 4.98 Å². The Morgan fingerprint density at radius 3 is 2.71 bits per heavy atom. The van der Waals surface area contributed by atoms with Gasteiger partial charge in [0.15, 0.2) is 0 Å². The topological polar surface area (TPSA) is 43.3 Å². The number of aryl methyl sites for hydroxylation is 3. The van der Waals surface area contributed by atoms with Crippen molar-refractivity contribution in [2.75, 3.05) is 5.73 Å². The zero-order chi connectivity index (χ0) is 14.4. The van der Waals surface area contributed by atoms with E-state index in [-0.39, 0.29) is 0 Å². The monoisotopic (exact) mass is 277 g/mol. The van der Waals surface area contributed by atoms with E-state index in [1.165, 1.54) is 42.4 Å². The van der Waals surface area contributed by atoms with Gasteiger partial charge in [-0.2, -0.15) is 0 Å². The van der Waals surface area contributed by atoms with Crippen LogP contribution in [0.4, 0.5) is 5.69 Å². The van der Waals surface area contributed by atoms with E-state index in [4.69, 9.17) is 10.7 Å². The zero-order valence-electron chi connectivity index (χ0n) is 12.3. The molecule has 0 bridgehead atoms. The fourth-order valence-corrected chi connectivity index (χ4v) is 3.33. The zero-order valence-corrected chi connectivity index (χ0v) is 12.3. The Morgan fingerprint density at radius 1 is 1.05 bits per heavy atom. The van der Waals surface area contributed by atoms with Crippen LogP contribution in [0.2, 0.25) is 0 Å². The molecule has 3 aromatic rings. The van der Waals surface area contributed by atoms with Gasteiger partial charge < -0.3 is 10.1 Å². The normalized spacial score (nSPS) is 14.3. The Labute approximate surface area is 124 Å². The van der Waals surface area contributed by atoms with Crippen molar-refractivity contribution in [3.05, 3.63) is 53.3 Å². The highest BCUT2D eigenvalue weighted by molar-refractivity contribution is 5.68. The molecule has 3 nitrogen and oxygen atoms in total. The van der Waals surface area contributed by atoms with Crippen LogP contribution in [-0.2, 0) is 12.8 Å². The van der Waals surface area contributed by atoms with Gasteiger partial charge in [0, 0.05) is 23.1 Å². The highest BCUT2D eigenvalue weighted by Gasteiger charge is 2.14. The third kappa shape index (κ3) is 2.00. The summed E-state index contributed by atoms with van der Waals surface area (Å²) in [5, 5.41) is 0. The van der Waals surface area contributed by atoms with Gasteiger partial charge in [0.2, 0.25) is 0 Å². The van der Waals surface area contributed by atoms with Crippen LogP contribution in [0.3, 0.4) is 0 Å². The standard InChI is InChI=1S/C18H19N3/c1-12-18(20-17-9-8-16(19)11-21(12)17)15-7-6-13-4-2-3-5-14(13)10-15/h6-11H,2-5,19H2,1H3. The molecule has 0 atom stereocenters. The maximum atomic E-state index is 5.88. The van der Waals surface area contributed by atoms with Gasteiger partial charge >= 0.3 is 0 Å². The lowest BCUT2D eigenvalue weighted by molar-refractivity contribution is 0.686. The fraction of sp³-hybridized carbons (Fsp3) is 0.278. The van der Waals surface area contributed by atoms with Crippen molar-refractivity contribution in [1.82, 2.24) is 9.38 Å². The van der Waals surface area contributed by atoms with E-state index in [0.29, 0.717) is 0 Å². The summed E-state index contributed by atoms with van der Waals surface area (Å²) in [6.45, 7) is 2.11. The first-order chi connectivity index (χ1) is 10.2. The number of imidazole rings is 1. The van der Waals surface area contributed by atoms with Gasteiger partial charge in [-0.1, -0.05) is 12.1 Å². The predicted octanol–water partition coefficient (Wildman–Crippen LogP) is 3.77. The molecule has 21 heavy (non-hydrogen) atoms. The number of fused-ring (bicyclic) bond motifs is 2. The molecule has 106 valence electrons. The van der Waals surface area contributed by atoms with E-state index in [0.717, 1.165) is 22.7 Å². The lowest BCUT2D eigenvalue weighted by Crippen LogP contribution is -2.02. The molecule has 0 amide bonds. The van der Waals surface area contributed by atoms with Crippen LogP contribution in [0.25, 0.3) is 16.9 Å². The number of benzene rings is 1. The van der Waals surface area contributed by atoms with E-state index < -0.39 is 0 Å². The quantitative estimate of drug-likeness (QED) is 0.735. The van der Waals surface area contributed by atoms with Crippen molar-refractivity contribution in [2.24, 2.45) is 0 Å². The van der Waals surface area contributed by atoms with Gasteiger partial charge in [-0.3, -0.25) is 0 Å². The fourth-order valence-electron chi connectivity index (χ4n) is 3.33. The molecule has 0 unspecified atom stereocenters. The molecule has 0 saturated carbocycles. The summed E-state index contributed by atoms with van der Waals surface area (Å²) in [5.41, 5.74) is 14.0. The molecule has 0 radical (unpaired) electrons. The molecule has 1 aliphatic carbocycles. The molecule has 1 aliphatic rings. The number of nitrogens with two attached hydrogens (primary N) is 1. The summed E-state index contributed by atoms with van der Waals surface area (Å²) in [6.07, 6.45) is 6.98. The molecule has 2 N–H and O–H groups in total. The minimum Gasteiger partial charge on any atom is -0.398 e. The van der Waals surface area contributed by atoms with Crippen LogP contribution in [0.1, 0.15) is 29.7 Å². The van der Waals surface area contributed by atoms with Crippen LogP contribution in [0.15, 0.2) is 36.5 Å². The largest absolute Gasteiger partial charge is 0.398 e. The molecular weight excluding hydrogens is 258 g/mol. The van der Waals surface area contributed by atoms with Crippen molar-refractivity contribution >= 4 is 11.3 Å². The number of nitrogen functional groups attached to an aromatic ring is 1. The minimum atomic E-state index is 0.764. The number of anilines is 1. The van der Waals surface area contributed by atoms with E-state index in [1.54, 1.807) is 0 Å². The number of aromatic nitrogens is 2. The number of pyridine rings is 1. The molecule has 3 heteroatoms. The average Bonchev–Trinajstić information content (AvgIpc) is 2.84. The second-order valence-corrected chi connectivity index (χ2v) is 5.93. The van der Waals surface area contributed by atoms with E-state index in [2.05, 4.69) is 29.5 Å². The summed E-state index contributed by atoms with van der Waals surface area (Å²) in [7, 11) is 0. The summed E-state index contributed by atoms with van der Waals surface area (Å²) in [6, 6.07) is 10.7. The van der Waals surface area contributed by atoms with Crippen molar-refractivity contribution in [3.63, 3.8) is 0 Å². The third-order valence-corrected chi connectivity index (χ3v) is 4.50. The summed E-state index contributed by atoms with van der Waals surface area (Å²) < 4.78 is 2.07. The highest BCUT2D eigenvalue weighted by atomic mass is 15.0. The molecule has 0 aliphatic heterocycles. The van der Waals surface area contributed by atoms with Gasteiger partial charge in [-0.15, -0.1) is 0 Å². The van der Waals surface area contributed by atoms with Crippen molar-refractivity contribution in [2.45, 2.75) is 32.6 Å². The number of hydrogen-bond acceptors (Lipinski definition) is 2. The third-order valence-electron chi connectivity index (χ3n) is 4.50. The maximum absolute atomic E-state index is 5.88. The summed E-state index contributed by atoms with van der Waals surface area (Å²) in [4.78, 5) is 4.78. The SMILES string of the molecule is Cc1c(-c2ccc3c(c2)CCCC3)nc2ccc(N)cn12. The van der Waals surface area contributed by atoms with Crippen LogP contribution < -0.4 is 5.73 Å². The Bertz CT molecular complexity index is 830. The molecule has 0 saturated heterocycles. The molecule has 0 spiro atoms. The summed E-state index contributed by atoms with van der Waals surface area (Å²) in [5.74, 6) is 0. The number of nitrogens with zero attached hydrogens (tertiary/aromatic N) is 2. The van der Waals surface area contributed by atoms with Crippen LogP contribution in [-0.4, -0.2) is 9.38 Å². The summed E-state index contributed by atoms with van der Waals surface area (Å²) >= 11 is 0. The van der Waals surface area contributed by atoms with E-state index in [1.807, 2.05) is 18.3 Å². The van der Waals surface area contributed by atoms with Crippen LogP contribution in [0, 0.1) is 6.92 Å². The van der Waals surface area contributed by atoms with E-state index in [9.17, 15) is 0 Å². The molecule has 4 rings (SSSR count). The molecule has 2 heterocycles. The minimum absolute atomic E-state index is 0.764. The van der Waals surface area contributed by atoms with Crippen LogP contribution >= 0.6 is 0 Å². The first kappa shape index (κ1) is 12.5.